The van der Waals surface area contributed by atoms with Gasteiger partial charge in [-0.25, -0.2) is 8.42 Å². The van der Waals surface area contributed by atoms with Crippen LogP contribution >= 0.6 is 11.6 Å². The van der Waals surface area contributed by atoms with Crippen LogP contribution in [0.5, 0.6) is 0 Å². The van der Waals surface area contributed by atoms with E-state index in [0.29, 0.717) is 12.5 Å². The van der Waals surface area contributed by atoms with Crippen LogP contribution in [0.4, 0.5) is 13.2 Å². The SMILES string of the molecule is NC(=O)[C@@H]1CCCN1S(=O)(=O)c1ccc(Cl)c(C(F)(F)F)c1. The molecule has 2 N–H and O–H groups in total. The van der Waals surface area contributed by atoms with E-state index >= 15 is 0 Å². The van der Waals surface area contributed by atoms with E-state index in [4.69, 9.17) is 17.3 Å². The third kappa shape index (κ3) is 3.06. The normalized spacial score (nSPS) is 20.3. The molecule has 0 radical (unpaired) electrons. The van der Waals surface area contributed by atoms with Gasteiger partial charge in [-0.05, 0) is 31.0 Å². The average Bonchev–Trinajstić information content (AvgIpc) is 2.87. The van der Waals surface area contributed by atoms with Crippen molar-refractivity contribution in [2.45, 2.75) is 30.0 Å². The Hall–Kier alpha value is -1.32. The van der Waals surface area contributed by atoms with Crippen LogP contribution in [-0.2, 0) is 21.0 Å². The summed E-state index contributed by atoms with van der Waals surface area (Å²) in [6, 6.07) is 1.26. The highest BCUT2D eigenvalue weighted by atomic mass is 35.5. The van der Waals surface area contributed by atoms with Crippen molar-refractivity contribution < 1.29 is 26.4 Å². The number of nitrogens with two attached hydrogens (primary N) is 1. The van der Waals surface area contributed by atoms with Gasteiger partial charge in [0.1, 0.15) is 6.04 Å². The zero-order valence-corrected chi connectivity index (χ0v) is 12.7. The highest BCUT2D eigenvalue weighted by molar-refractivity contribution is 7.89. The predicted molar refractivity (Wildman–Crippen MR) is 72.6 cm³/mol. The van der Waals surface area contributed by atoms with Crippen molar-refractivity contribution in [3.8, 4) is 0 Å². The molecule has 5 nitrogen and oxygen atoms in total. The van der Waals surface area contributed by atoms with Gasteiger partial charge in [-0.15, -0.1) is 0 Å². The molecule has 0 aliphatic carbocycles. The summed E-state index contributed by atoms with van der Waals surface area (Å²) in [5, 5.41) is -0.598. The second kappa shape index (κ2) is 5.71. The highest BCUT2D eigenvalue weighted by Crippen LogP contribution is 2.37. The van der Waals surface area contributed by atoms with Crippen LogP contribution in [0, 0.1) is 0 Å². The molecule has 1 aromatic rings. The van der Waals surface area contributed by atoms with Gasteiger partial charge in [0.25, 0.3) is 0 Å². The van der Waals surface area contributed by atoms with Gasteiger partial charge in [0.15, 0.2) is 0 Å². The van der Waals surface area contributed by atoms with Crippen LogP contribution in [0.25, 0.3) is 0 Å². The molecule has 0 spiro atoms. The molecule has 1 aromatic carbocycles. The maximum Gasteiger partial charge on any atom is 0.417 e. The molecular weight excluding hydrogens is 345 g/mol. The van der Waals surface area contributed by atoms with Crippen LogP contribution in [0.1, 0.15) is 18.4 Å². The summed E-state index contributed by atoms with van der Waals surface area (Å²) >= 11 is 5.47. The summed E-state index contributed by atoms with van der Waals surface area (Å²) in [6.07, 6.45) is -4.13. The van der Waals surface area contributed by atoms with Gasteiger partial charge < -0.3 is 5.73 Å². The molecule has 1 amide bonds. The first-order valence-corrected chi connectivity index (χ1v) is 8.05. The van der Waals surface area contributed by atoms with Crippen LogP contribution in [0.2, 0.25) is 5.02 Å². The number of alkyl halides is 3. The second-order valence-corrected chi connectivity index (χ2v) is 7.11. The molecule has 1 aliphatic heterocycles. The van der Waals surface area contributed by atoms with Gasteiger partial charge in [-0.2, -0.15) is 17.5 Å². The van der Waals surface area contributed by atoms with Gasteiger partial charge >= 0.3 is 6.18 Å². The Labute approximate surface area is 129 Å². The first-order chi connectivity index (χ1) is 10.0. The predicted octanol–water partition coefficient (Wildman–Crippen LogP) is 2.00. The molecule has 122 valence electrons. The Kier molecular flexibility index (Phi) is 4.42. The molecular formula is C12H12ClF3N2O3S. The number of carbonyl (C=O) groups excluding carboxylic acids is 1. The minimum absolute atomic E-state index is 0.0277. The molecule has 0 aromatic heterocycles. The van der Waals surface area contributed by atoms with Crippen LogP contribution < -0.4 is 5.73 Å². The molecule has 1 fully saturated rings. The summed E-state index contributed by atoms with van der Waals surface area (Å²) in [5.41, 5.74) is 3.89. The van der Waals surface area contributed by atoms with Crippen LogP contribution in [-0.4, -0.2) is 31.2 Å². The molecule has 10 heteroatoms. The lowest BCUT2D eigenvalue weighted by molar-refractivity contribution is -0.137. The van der Waals surface area contributed by atoms with Crippen molar-refractivity contribution in [1.82, 2.24) is 4.31 Å². The van der Waals surface area contributed by atoms with E-state index in [2.05, 4.69) is 0 Å². The van der Waals surface area contributed by atoms with Crippen molar-refractivity contribution in [3.63, 3.8) is 0 Å². The topological polar surface area (TPSA) is 80.5 Å². The lowest BCUT2D eigenvalue weighted by atomic mass is 10.2. The first kappa shape index (κ1) is 17.0. The zero-order chi connectivity index (χ0) is 16.7. The smallest absolute Gasteiger partial charge is 0.368 e. The Bertz CT molecular complexity index is 706. The Balaban J connectivity index is 2.49. The molecule has 2 rings (SSSR count). The minimum Gasteiger partial charge on any atom is -0.368 e. The van der Waals surface area contributed by atoms with Crippen molar-refractivity contribution in [1.29, 1.82) is 0 Å². The summed E-state index contributed by atoms with van der Waals surface area (Å²) in [7, 11) is -4.26. The zero-order valence-electron chi connectivity index (χ0n) is 11.1. The van der Waals surface area contributed by atoms with E-state index in [0.717, 1.165) is 16.4 Å². The number of amides is 1. The fourth-order valence-electron chi connectivity index (χ4n) is 2.33. The van der Waals surface area contributed by atoms with E-state index in [-0.39, 0.29) is 13.0 Å². The van der Waals surface area contributed by atoms with E-state index in [1.807, 2.05) is 0 Å². The number of primary amides is 1. The number of halogens is 4. The largest absolute Gasteiger partial charge is 0.417 e. The molecule has 1 saturated heterocycles. The standard InChI is InChI=1S/C12H12ClF3N2O3S/c13-9-4-3-7(6-8(9)12(14,15)16)22(20,21)18-5-1-2-10(18)11(17)19/h3-4,6,10H,1-2,5H2,(H2,17,19)/t10-/m0/s1. The van der Waals surface area contributed by atoms with Crippen LogP contribution in [0.15, 0.2) is 23.1 Å². The maximum atomic E-state index is 12.8. The lowest BCUT2D eigenvalue weighted by Crippen LogP contribution is -2.43. The molecule has 0 bridgehead atoms. The fourth-order valence-corrected chi connectivity index (χ4v) is 4.25. The fraction of sp³-hybridized carbons (Fsp3) is 0.417. The molecule has 1 heterocycles. The van der Waals surface area contributed by atoms with Gasteiger partial charge in [-0.3, -0.25) is 4.79 Å². The molecule has 1 aliphatic rings. The summed E-state index contributed by atoms with van der Waals surface area (Å²) in [5.74, 6) is -0.828. The van der Waals surface area contributed by atoms with Crippen molar-refractivity contribution in [3.05, 3.63) is 28.8 Å². The Morgan fingerprint density at radius 2 is 2.00 bits per heavy atom. The first-order valence-electron chi connectivity index (χ1n) is 6.23. The van der Waals surface area contributed by atoms with Crippen molar-refractivity contribution in [2.24, 2.45) is 5.73 Å². The highest BCUT2D eigenvalue weighted by Gasteiger charge is 2.40. The number of nitrogens with zero attached hydrogens (tertiary/aromatic N) is 1. The van der Waals surface area contributed by atoms with Gasteiger partial charge in [0, 0.05) is 6.54 Å². The van der Waals surface area contributed by atoms with Crippen molar-refractivity contribution in [2.75, 3.05) is 6.54 Å². The number of hydrogen-bond donors (Lipinski definition) is 1. The average molecular weight is 357 g/mol. The second-order valence-electron chi connectivity index (χ2n) is 4.82. The molecule has 22 heavy (non-hydrogen) atoms. The van der Waals surface area contributed by atoms with Crippen LogP contribution in [0.3, 0.4) is 0 Å². The number of hydrogen-bond acceptors (Lipinski definition) is 3. The monoisotopic (exact) mass is 356 g/mol. The Morgan fingerprint density at radius 1 is 1.36 bits per heavy atom. The summed E-state index contributed by atoms with van der Waals surface area (Å²) < 4.78 is 64.2. The maximum absolute atomic E-state index is 12.8. The van der Waals surface area contributed by atoms with Gasteiger partial charge in [0.05, 0.1) is 15.5 Å². The number of benzene rings is 1. The van der Waals surface area contributed by atoms with E-state index in [1.165, 1.54) is 0 Å². The van der Waals surface area contributed by atoms with E-state index < -0.39 is 43.6 Å². The van der Waals surface area contributed by atoms with Gasteiger partial charge in [-0.1, -0.05) is 11.6 Å². The molecule has 0 unspecified atom stereocenters. The third-order valence-electron chi connectivity index (χ3n) is 3.38. The van der Waals surface area contributed by atoms with Gasteiger partial charge in [0.2, 0.25) is 15.9 Å². The summed E-state index contributed by atoms with van der Waals surface area (Å²) in [6.45, 7) is 0.0277. The lowest BCUT2D eigenvalue weighted by Gasteiger charge is -2.22. The minimum atomic E-state index is -4.78. The molecule has 0 saturated carbocycles. The van der Waals surface area contributed by atoms with Crippen molar-refractivity contribution >= 4 is 27.5 Å². The molecule has 1 atom stereocenters. The number of rotatable bonds is 3. The number of carbonyl (C=O) groups is 1. The van der Waals surface area contributed by atoms with E-state index in [1.54, 1.807) is 0 Å². The quantitative estimate of drug-likeness (QED) is 0.899. The Morgan fingerprint density at radius 3 is 2.55 bits per heavy atom. The number of sulfonamides is 1. The summed E-state index contributed by atoms with van der Waals surface area (Å²) in [4.78, 5) is 10.7. The third-order valence-corrected chi connectivity index (χ3v) is 5.62. The van der Waals surface area contributed by atoms with E-state index in [9.17, 15) is 26.4 Å².